The third-order valence-electron chi connectivity index (χ3n) is 3.19. The molecule has 0 saturated heterocycles. The van der Waals surface area contributed by atoms with Crippen LogP contribution in [0.2, 0.25) is 0 Å². The van der Waals surface area contributed by atoms with Crippen LogP contribution in [0, 0.1) is 0 Å². The van der Waals surface area contributed by atoms with Gasteiger partial charge >= 0.3 is 0 Å². The summed E-state index contributed by atoms with van der Waals surface area (Å²) < 4.78 is 8.77. The lowest BCUT2D eigenvalue weighted by molar-refractivity contribution is 0.295. The van der Waals surface area contributed by atoms with Crippen LogP contribution in [0.3, 0.4) is 0 Å². The molecule has 0 fully saturated rings. The topological polar surface area (TPSA) is 27.1 Å². The van der Waals surface area contributed by atoms with Gasteiger partial charge in [-0.05, 0) is 47.0 Å². The van der Waals surface area contributed by atoms with E-state index < -0.39 is 0 Å². The van der Waals surface area contributed by atoms with Gasteiger partial charge in [-0.25, -0.2) is 0 Å². The van der Waals surface area contributed by atoms with Gasteiger partial charge in [-0.2, -0.15) is 5.10 Å². The molecule has 0 radical (unpaired) electrons. The number of hydrogen-bond donors (Lipinski definition) is 0. The van der Waals surface area contributed by atoms with Crippen molar-refractivity contribution in [2.75, 3.05) is 0 Å². The van der Waals surface area contributed by atoms with Crippen molar-refractivity contribution in [2.45, 2.75) is 39.3 Å². The molecule has 0 spiro atoms. The van der Waals surface area contributed by atoms with E-state index in [0.29, 0.717) is 12.6 Å². The van der Waals surface area contributed by atoms with Gasteiger partial charge in [0.1, 0.15) is 12.4 Å². The van der Waals surface area contributed by atoms with Crippen molar-refractivity contribution in [1.29, 1.82) is 0 Å². The molecule has 3 nitrogen and oxygen atoms in total. The highest BCUT2D eigenvalue weighted by atomic mass is 79.9. The van der Waals surface area contributed by atoms with E-state index >= 15 is 0 Å². The number of hydrogen-bond acceptors (Lipinski definition) is 2. The molecule has 1 aromatic heterocycles. The zero-order chi connectivity index (χ0) is 13.7. The third kappa shape index (κ3) is 3.60. The number of halogens is 1. The first-order chi connectivity index (χ1) is 9.24. The number of ether oxygens (including phenoxy) is 1. The Hall–Kier alpha value is -1.29. The average Bonchev–Trinajstić information content (AvgIpc) is 2.88. The van der Waals surface area contributed by atoms with Crippen LogP contribution in [0.25, 0.3) is 0 Å². The molecule has 1 heterocycles. The lowest BCUT2D eigenvalue weighted by Gasteiger charge is -2.12. The first-order valence-electron chi connectivity index (χ1n) is 6.66. The van der Waals surface area contributed by atoms with Crippen LogP contribution in [0.15, 0.2) is 41.0 Å². The van der Waals surface area contributed by atoms with E-state index in [0.717, 1.165) is 28.8 Å². The van der Waals surface area contributed by atoms with Crippen LogP contribution in [-0.4, -0.2) is 9.78 Å². The second-order valence-corrected chi connectivity index (χ2v) is 5.33. The van der Waals surface area contributed by atoms with E-state index in [-0.39, 0.29) is 0 Å². The Balaban J connectivity index is 1.99. The molecule has 2 aromatic rings. The molecule has 1 aromatic carbocycles. The lowest BCUT2D eigenvalue weighted by Crippen LogP contribution is -2.08. The van der Waals surface area contributed by atoms with Crippen molar-refractivity contribution in [2.24, 2.45) is 0 Å². The summed E-state index contributed by atoms with van der Waals surface area (Å²) in [4.78, 5) is 0. The van der Waals surface area contributed by atoms with Gasteiger partial charge in [-0.3, -0.25) is 4.68 Å². The monoisotopic (exact) mass is 322 g/mol. The van der Waals surface area contributed by atoms with Gasteiger partial charge in [0, 0.05) is 6.20 Å². The summed E-state index contributed by atoms with van der Waals surface area (Å²) in [5.41, 5.74) is 0.961. The molecule has 0 bridgehead atoms. The summed E-state index contributed by atoms with van der Waals surface area (Å²) in [6, 6.07) is 10.4. The lowest BCUT2D eigenvalue weighted by atomic mass is 10.2. The summed E-state index contributed by atoms with van der Waals surface area (Å²) in [5, 5.41) is 4.57. The van der Waals surface area contributed by atoms with Gasteiger partial charge in [0.15, 0.2) is 0 Å². The van der Waals surface area contributed by atoms with Crippen molar-refractivity contribution >= 4 is 15.9 Å². The van der Waals surface area contributed by atoms with E-state index in [9.17, 15) is 0 Å². The molecule has 102 valence electrons. The van der Waals surface area contributed by atoms with Crippen LogP contribution in [0.5, 0.6) is 5.75 Å². The summed E-state index contributed by atoms with van der Waals surface area (Å²) in [6.07, 6.45) is 4.24. The maximum absolute atomic E-state index is 5.76. The number of rotatable bonds is 6. The van der Waals surface area contributed by atoms with E-state index in [1.54, 1.807) is 0 Å². The molecule has 19 heavy (non-hydrogen) atoms. The van der Waals surface area contributed by atoms with Gasteiger partial charge < -0.3 is 4.74 Å². The predicted molar refractivity (Wildman–Crippen MR) is 80.3 cm³/mol. The molecule has 0 aliphatic carbocycles. The van der Waals surface area contributed by atoms with Gasteiger partial charge in [-0.1, -0.05) is 26.0 Å². The van der Waals surface area contributed by atoms with Crippen LogP contribution >= 0.6 is 15.9 Å². The molecule has 4 heteroatoms. The number of nitrogens with zero attached hydrogens (tertiary/aromatic N) is 2. The minimum atomic E-state index is 0.484. The molecule has 0 atom stereocenters. The first-order valence-corrected chi connectivity index (χ1v) is 7.45. The van der Waals surface area contributed by atoms with E-state index in [2.05, 4.69) is 34.9 Å². The van der Waals surface area contributed by atoms with Gasteiger partial charge in [0.05, 0.1) is 16.2 Å². The highest BCUT2D eigenvalue weighted by Gasteiger charge is 2.08. The van der Waals surface area contributed by atoms with Crippen molar-refractivity contribution in [1.82, 2.24) is 9.78 Å². The summed E-state index contributed by atoms with van der Waals surface area (Å²) in [5.74, 6) is 0.847. The minimum Gasteiger partial charge on any atom is -0.486 e. The van der Waals surface area contributed by atoms with Crippen LogP contribution < -0.4 is 4.74 Å². The zero-order valence-electron chi connectivity index (χ0n) is 11.3. The Morgan fingerprint density at radius 2 is 1.95 bits per heavy atom. The highest BCUT2D eigenvalue weighted by molar-refractivity contribution is 9.10. The Bertz CT molecular complexity index is 520. The largest absolute Gasteiger partial charge is 0.486 e. The molecule has 2 rings (SSSR count). The van der Waals surface area contributed by atoms with Crippen molar-refractivity contribution in [3.63, 3.8) is 0 Å². The van der Waals surface area contributed by atoms with Crippen molar-refractivity contribution in [3.05, 3.63) is 46.7 Å². The summed E-state index contributed by atoms with van der Waals surface area (Å²) in [7, 11) is 0. The number of aromatic nitrogens is 2. The normalized spacial score (nSPS) is 10.9. The highest BCUT2D eigenvalue weighted by Crippen LogP contribution is 2.24. The molecule has 0 aliphatic rings. The Kier molecular flexibility index (Phi) is 5.02. The summed E-state index contributed by atoms with van der Waals surface area (Å²) in [6.45, 7) is 4.87. The second kappa shape index (κ2) is 6.75. The number of para-hydroxylation sites is 1. The first kappa shape index (κ1) is 14.1. The molecular weight excluding hydrogens is 304 g/mol. The van der Waals surface area contributed by atoms with Crippen LogP contribution in [-0.2, 0) is 6.61 Å². The SMILES string of the molecule is CCC(CC)n1ccc(COc2ccccc2Br)n1. The summed E-state index contributed by atoms with van der Waals surface area (Å²) >= 11 is 3.47. The van der Waals surface area contributed by atoms with E-state index in [1.165, 1.54) is 0 Å². The van der Waals surface area contributed by atoms with Crippen molar-refractivity contribution < 1.29 is 4.74 Å². The smallest absolute Gasteiger partial charge is 0.134 e. The number of benzene rings is 1. The molecule has 0 amide bonds. The fourth-order valence-corrected chi connectivity index (χ4v) is 2.43. The zero-order valence-corrected chi connectivity index (χ0v) is 12.9. The quantitative estimate of drug-likeness (QED) is 0.778. The van der Waals surface area contributed by atoms with Crippen LogP contribution in [0.1, 0.15) is 38.4 Å². The molecule has 0 unspecified atom stereocenters. The maximum atomic E-state index is 5.76. The van der Waals surface area contributed by atoms with E-state index in [1.807, 2.05) is 41.2 Å². The molecular formula is C15H19BrN2O. The fourth-order valence-electron chi connectivity index (χ4n) is 2.03. The van der Waals surface area contributed by atoms with Gasteiger partial charge in [0.2, 0.25) is 0 Å². The Labute approximate surface area is 122 Å². The molecule has 0 aliphatic heterocycles. The molecule has 0 saturated carbocycles. The van der Waals surface area contributed by atoms with Crippen molar-refractivity contribution in [3.8, 4) is 5.75 Å². The van der Waals surface area contributed by atoms with Gasteiger partial charge in [0.25, 0.3) is 0 Å². The predicted octanol–water partition coefficient (Wildman–Crippen LogP) is 4.59. The minimum absolute atomic E-state index is 0.484. The third-order valence-corrected chi connectivity index (χ3v) is 3.85. The second-order valence-electron chi connectivity index (χ2n) is 4.48. The average molecular weight is 323 g/mol. The fraction of sp³-hybridized carbons (Fsp3) is 0.400. The van der Waals surface area contributed by atoms with Crippen LogP contribution in [0.4, 0.5) is 0 Å². The standard InChI is InChI=1S/C15H19BrN2O/c1-3-13(4-2)18-10-9-12(17-18)11-19-15-8-6-5-7-14(15)16/h5-10,13H,3-4,11H2,1-2H3. The molecule has 0 N–H and O–H groups in total. The maximum Gasteiger partial charge on any atom is 0.134 e. The van der Waals surface area contributed by atoms with E-state index in [4.69, 9.17) is 4.74 Å². The van der Waals surface area contributed by atoms with Gasteiger partial charge in [-0.15, -0.1) is 0 Å². The Morgan fingerprint density at radius 1 is 1.21 bits per heavy atom. The Morgan fingerprint density at radius 3 is 2.63 bits per heavy atom.